The Morgan fingerprint density at radius 2 is 1.74 bits per heavy atom. The Kier molecular flexibility index (Phi) is 9.95. The SMILES string of the molecule is CCCCCNC(=O)C(c1ccccc1)N(C(=O)C(NC(=O)OC(C)(C)C)C(C)C)C1CC1C. The smallest absolute Gasteiger partial charge is 0.408 e. The molecule has 1 aliphatic carbocycles. The number of nitrogens with one attached hydrogen (secondary N) is 2. The molecule has 2 rings (SSSR count). The van der Waals surface area contributed by atoms with Crippen molar-refractivity contribution in [2.75, 3.05) is 6.54 Å². The van der Waals surface area contributed by atoms with Crippen LogP contribution in [0.1, 0.15) is 85.8 Å². The second-order valence-electron chi connectivity index (χ2n) is 10.7. The van der Waals surface area contributed by atoms with Crippen LogP contribution in [0.25, 0.3) is 0 Å². The molecule has 4 unspecified atom stereocenters. The van der Waals surface area contributed by atoms with Crippen LogP contribution >= 0.6 is 0 Å². The average molecular weight is 474 g/mol. The lowest BCUT2D eigenvalue weighted by atomic mass is 9.98. The van der Waals surface area contributed by atoms with E-state index in [1.54, 1.807) is 25.7 Å². The summed E-state index contributed by atoms with van der Waals surface area (Å²) in [7, 11) is 0. The average Bonchev–Trinajstić information content (AvgIpc) is 3.47. The summed E-state index contributed by atoms with van der Waals surface area (Å²) in [5, 5.41) is 5.82. The molecule has 1 fully saturated rings. The van der Waals surface area contributed by atoms with Gasteiger partial charge in [0.25, 0.3) is 0 Å². The molecule has 1 aromatic rings. The molecule has 7 nitrogen and oxygen atoms in total. The Hall–Kier alpha value is -2.57. The number of nitrogens with zero attached hydrogens (tertiary/aromatic N) is 1. The topological polar surface area (TPSA) is 87.7 Å². The zero-order valence-corrected chi connectivity index (χ0v) is 21.9. The lowest BCUT2D eigenvalue weighted by Gasteiger charge is -2.36. The summed E-state index contributed by atoms with van der Waals surface area (Å²) in [6, 6.07) is 7.81. The predicted octanol–water partition coefficient (Wildman–Crippen LogP) is 4.82. The molecule has 0 bridgehead atoms. The van der Waals surface area contributed by atoms with Gasteiger partial charge in [-0.25, -0.2) is 4.79 Å². The van der Waals surface area contributed by atoms with E-state index in [4.69, 9.17) is 4.74 Å². The third-order valence-electron chi connectivity index (χ3n) is 6.01. The van der Waals surface area contributed by atoms with Crippen LogP contribution in [0.5, 0.6) is 0 Å². The van der Waals surface area contributed by atoms with Gasteiger partial charge >= 0.3 is 6.09 Å². The van der Waals surface area contributed by atoms with Gasteiger partial charge in [0.1, 0.15) is 17.7 Å². The molecule has 4 atom stereocenters. The molecule has 1 saturated carbocycles. The predicted molar refractivity (Wildman–Crippen MR) is 134 cm³/mol. The first-order valence-electron chi connectivity index (χ1n) is 12.6. The summed E-state index contributed by atoms with van der Waals surface area (Å²) in [5.74, 6) is -0.333. The van der Waals surface area contributed by atoms with Gasteiger partial charge in [0.15, 0.2) is 0 Å². The van der Waals surface area contributed by atoms with Gasteiger partial charge in [-0.3, -0.25) is 9.59 Å². The second kappa shape index (κ2) is 12.2. The van der Waals surface area contributed by atoms with E-state index in [1.807, 2.05) is 44.2 Å². The molecule has 190 valence electrons. The van der Waals surface area contributed by atoms with Gasteiger partial charge < -0.3 is 20.3 Å². The molecule has 0 aliphatic heterocycles. The quantitative estimate of drug-likeness (QED) is 0.451. The van der Waals surface area contributed by atoms with E-state index < -0.39 is 23.8 Å². The highest BCUT2D eigenvalue weighted by atomic mass is 16.6. The van der Waals surface area contributed by atoms with Gasteiger partial charge in [-0.15, -0.1) is 0 Å². The number of unbranched alkanes of at least 4 members (excludes halogenated alkanes) is 2. The number of carbonyl (C=O) groups excluding carboxylic acids is 3. The number of alkyl carbamates (subject to hydrolysis) is 1. The minimum absolute atomic E-state index is 0.0548. The molecule has 0 saturated heterocycles. The van der Waals surface area contributed by atoms with Crippen LogP contribution in [0.2, 0.25) is 0 Å². The van der Waals surface area contributed by atoms with Gasteiger partial charge in [0.05, 0.1) is 0 Å². The maximum atomic E-state index is 14.0. The Morgan fingerprint density at radius 3 is 2.24 bits per heavy atom. The van der Waals surface area contributed by atoms with Crippen LogP contribution in [-0.2, 0) is 14.3 Å². The van der Waals surface area contributed by atoms with Crippen molar-refractivity contribution in [3.8, 4) is 0 Å². The number of carbonyl (C=O) groups is 3. The number of hydrogen-bond donors (Lipinski definition) is 2. The minimum atomic E-state index is -0.804. The minimum Gasteiger partial charge on any atom is -0.444 e. The zero-order chi connectivity index (χ0) is 25.5. The summed E-state index contributed by atoms with van der Waals surface area (Å²) in [6.07, 6.45) is 3.19. The third kappa shape index (κ3) is 8.03. The lowest BCUT2D eigenvalue weighted by molar-refractivity contribution is -0.144. The van der Waals surface area contributed by atoms with Crippen molar-refractivity contribution in [1.29, 1.82) is 0 Å². The van der Waals surface area contributed by atoms with Gasteiger partial charge in [-0.1, -0.05) is 70.9 Å². The molecule has 0 radical (unpaired) electrons. The van der Waals surface area contributed by atoms with Crippen molar-refractivity contribution in [1.82, 2.24) is 15.5 Å². The molecule has 2 N–H and O–H groups in total. The Labute approximate surface area is 205 Å². The normalized spacial score (nSPS) is 19.2. The number of hydrogen-bond acceptors (Lipinski definition) is 4. The van der Waals surface area contributed by atoms with Crippen molar-refractivity contribution in [3.05, 3.63) is 35.9 Å². The number of benzene rings is 1. The first-order valence-corrected chi connectivity index (χ1v) is 12.6. The van der Waals surface area contributed by atoms with Crippen LogP contribution < -0.4 is 10.6 Å². The fourth-order valence-electron chi connectivity index (χ4n) is 4.04. The van der Waals surface area contributed by atoms with Crippen LogP contribution in [0.15, 0.2) is 30.3 Å². The van der Waals surface area contributed by atoms with Crippen LogP contribution in [0.3, 0.4) is 0 Å². The molecule has 0 heterocycles. The van der Waals surface area contributed by atoms with Gasteiger partial charge in [-0.2, -0.15) is 0 Å². The molecule has 0 spiro atoms. The third-order valence-corrected chi connectivity index (χ3v) is 6.01. The van der Waals surface area contributed by atoms with Crippen molar-refractivity contribution < 1.29 is 19.1 Å². The van der Waals surface area contributed by atoms with E-state index in [-0.39, 0.29) is 29.7 Å². The van der Waals surface area contributed by atoms with Gasteiger partial charge in [0, 0.05) is 12.6 Å². The maximum absolute atomic E-state index is 14.0. The Bertz CT molecular complexity index is 819. The molecular formula is C27H43N3O4. The molecule has 0 aromatic heterocycles. The summed E-state index contributed by atoms with van der Waals surface area (Å²) in [5.41, 5.74) is 0.0901. The summed E-state index contributed by atoms with van der Waals surface area (Å²) < 4.78 is 5.41. The van der Waals surface area contributed by atoms with Gasteiger partial charge in [0.2, 0.25) is 11.8 Å². The summed E-state index contributed by atoms with van der Waals surface area (Å²) >= 11 is 0. The maximum Gasteiger partial charge on any atom is 0.408 e. The Morgan fingerprint density at radius 1 is 1.12 bits per heavy atom. The highest BCUT2D eigenvalue weighted by molar-refractivity contribution is 5.92. The first kappa shape index (κ1) is 27.7. The molecule has 3 amide bonds. The fraction of sp³-hybridized carbons (Fsp3) is 0.667. The van der Waals surface area contributed by atoms with Gasteiger partial charge in [-0.05, 0) is 51.0 Å². The van der Waals surface area contributed by atoms with Crippen molar-refractivity contribution in [2.24, 2.45) is 11.8 Å². The first-order chi connectivity index (χ1) is 16.0. The van der Waals surface area contributed by atoms with E-state index in [0.717, 1.165) is 31.2 Å². The molecule has 7 heteroatoms. The van der Waals surface area contributed by atoms with Crippen molar-refractivity contribution in [2.45, 2.75) is 97.9 Å². The highest BCUT2D eigenvalue weighted by Gasteiger charge is 2.48. The summed E-state index contributed by atoms with van der Waals surface area (Å²) in [6.45, 7) is 13.9. The van der Waals surface area contributed by atoms with E-state index in [2.05, 4.69) is 24.5 Å². The van der Waals surface area contributed by atoms with E-state index in [0.29, 0.717) is 6.54 Å². The summed E-state index contributed by atoms with van der Waals surface area (Å²) in [4.78, 5) is 41.7. The molecular weight excluding hydrogens is 430 g/mol. The van der Waals surface area contributed by atoms with Crippen LogP contribution in [-0.4, -0.2) is 47.0 Å². The molecule has 1 aliphatic rings. The Balaban J connectivity index is 2.36. The number of amides is 3. The lowest BCUT2D eigenvalue weighted by Crippen LogP contribution is -2.55. The second-order valence-corrected chi connectivity index (χ2v) is 10.7. The van der Waals surface area contributed by atoms with Crippen LogP contribution in [0.4, 0.5) is 4.79 Å². The van der Waals surface area contributed by atoms with E-state index in [1.165, 1.54) is 0 Å². The molecule has 34 heavy (non-hydrogen) atoms. The van der Waals surface area contributed by atoms with E-state index >= 15 is 0 Å². The standard InChI is InChI=1S/C27H43N3O4/c1-8-9-13-16-28-24(31)23(20-14-11-10-12-15-20)30(21-17-19(21)4)25(32)22(18(2)3)29-26(33)34-27(5,6)7/h10-12,14-15,18-19,21-23H,8-9,13,16-17H2,1-7H3,(H,28,31)(H,29,33). The number of rotatable bonds is 11. The number of ether oxygens (including phenoxy) is 1. The molecule has 1 aromatic carbocycles. The highest BCUT2D eigenvalue weighted by Crippen LogP contribution is 2.41. The van der Waals surface area contributed by atoms with Crippen LogP contribution in [0, 0.1) is 11.8 Å². The van der Waals surface area contributed by atoms with Crippen molar-refractivity contribution in [3.63, 3.8) is 0 Å². The zero-order valence-electron chi connectivity index (χ0n) is 21.9. The largest absolute Gasteiger partial charge is 0.444 e. The van der Waals surface area contributed by atoms with E-state index in [9.17, 15) is 14.4 Å². The monoisotopic (exact) mass is 473 g/mol. The fourth-order valence-corrected chi connectivity index (χ4v) is 4.04. The van der Waals surface area contributed by atoms with Crippen molar-refractivity contribution >= 4 is 17.9 Å².